The number of ether oxygens (including phenoxy) is 1. The Labute approximate surface area is 79.7 Å². The summed E-state index contributed by atoms with van der Waals surface area (Å²) in [6.07, 6.45) is 6.40. The van der Waals surface area contributed by atoms with Crippen LogP contribution in [0.3, 0.4) is 0 Å². The van der Waals surface area contributed by atoms with E-state index >= 15 is 0 Å². The lowest BCUT2D eigenvalue weighted by Crippen LogP contribution is -2.07. The molecule has 0 amide bonds. The maximum atomic E-state index is 5.73. The summed E-state index contributed by atoms with van der Waals surface area (Å²) < 4.78 is 5.73. The van der Waals surface area contributed by atoms with Gasteiger partial charge in [0, 0.05) is 0 Å². The topological polar surface area (TPSA) is 9.23 Å². The Bertz CT molecular complexity index is 237. The molecule has 1 radical (unpaired) electrons. The van der Waals surface area contributed by atoms with Crippen LogP contribution in [0.25, 0.3) is 0 Å². The smallest absolute Gasteiger partial charge is 0.0720 e. The van der Waals surface area contributed by atoms with Gasteiger partial charge in [-0.05, 0) is 24.8 Å². The van der Waals surface area contributed by atoms with Gasteiger partial charge in [0.05, 0.1) is 12.7 Å². The van der Waals surface area contributed by atoms with Gasteiger partial charge in [0.2, 0.25) is 0 Å². The highest BCUT2D eigenvalue weighted by atomic mass is 16.5. The largest absolute Gasteiger partial charge is 0.373 e. The highest BCUT2D eigenvalue weighted by Crippen LogP contribution is 2.20. The Hall–Kier alpha value is -0.820. The Kier molecular flexibility index (Phi) is 2.98. The van der Waals surface area contributed by atoms with E-state index in [2.05, 4.69) is 30.7 Å². The second-order valence-electron chi connectivity index (χ2n) is 3.50. The zero-order valence-electron chi connectivity index (χ0n) is 7.78. The molecule has 1 atom stereocenters. The molecular weight excluding hydrogens is 160 g/mol. The monoisotopic (exact) mass is 175 g/mol. The molecule has 2 rings (SSSR count). The Morgan fingerprint density at radius 1 is 1.23 bits per heavy atom. The fourth-order valence-corrected chi connectivity index (χ4v) is 1.67. The molecule has 1 aliphatic rings. The van der Waals surface area contributed by atoms with E-state index in [1.54, 1.807) is 0 Å². The number of hydrogen-bond acceptors (Lipinski definition) is 1. The summed E-state index contributed by atoms with van der Waals surface area (Å²) in [5.74, 6) is 0. The second kappa shape index (κ2) is 4.43. The van der Waals surface area contributed by atoms with E-state index < -0.39 is 0 Å². The highest BCUT2D eigenvalue weighted by molar-refractivity contribution is 5.13. The molecule has 0 aliphatic heterocycles. The lowest BCUT2D eigenvalue weighted by atomic mass is 10.2. The van der Waals surface area contributed by atoms with Gasteiger partial charge in [-0.1, -0.05) is 36.8 Å². The van der Waals surface area contributed by atoms with Crippen molar-refractivity contribution in [3.8, 4) is 0 Å². The van der Waals surface area contributed by atoms with Gasteiger partial charge in [0.15, 0.2) is 0 Å². The summed E-state index contributed by atoms with van der Waals surface area (Å²) >= 11 is 0. The van der Waals surface area contributed by atoms with E-state index in [9.17, 15) is 0 Å². The van der Waals surface area contributed by atoms with Crippen molar-refractivity contribution in [3.63, 3.8) is 0 Å². The fourth-order valence-electron chi connectivity index (χ4n) is 1.67. The molecule has 1 fully saturated rings. The van der Waals surface area contributed by atoms with Crippen LogP contribution in [0, 0.1) is 6.42 Å². The van der Waals surface area contributed by atoms with Crippen LogP contribution in [0.15, 0.2) is 30.3 Å². The van der Waals surface area contributed by atoms with Crippen LogP contribution < -0.4 is 0 Å². The van der Waals surface area contributed by atoms with Gasteiger partial charge in [-0.25, -0.2) is 0 Å². The molecule has 1 aromatic rings. The third-order valence-corrected chi connectivity index (χ3v) is 2.43. The van der Waals surface area contributed by atoms with E-state index in [-0.39, 0.29) is 0 Å². The summed E-state index contributed by atoms with van der Waals surface area (Å²) in [7, 11) is 0. The maximum Gasteiger partial charge on any atom is 0.0720 e. The van der Waals surface area contributed by atoms with Crippen molar-refractivity contribution in [2.75, 3.05) is 0 Å². The van der Waals surface area contributed by atoms with Crippen molar-refractivity contribution in [2.24, 2.45) is 0 Å². The first-order chi connectivity index (χ1) is 6.45. The molecule has 1 aromatic carbocycles. The molecule has 13 heavy (non-hydrogen) atoms. The number of benzene rings is 1. The summed E-state index contributed by atoms with van der Waals surface area (Å²) in [5.41, 5.74) is 1.27. The SMILES string of the molecule is [CH]1CCC[C@H]1OCc1ccccc1. The number of hydrogen-bond donors (Lipinski definition) is 0. The number of rotatable bonds is 3. The van der Waals surface area contributed by atoms with Crippen molar-refractivity contribution in [3.05, 3.63) is 42.3 Å². The minimum atomic E-state index is 0.403. The standard InChI is InChI=1S/C12H15O/c1-2-6-11(7-3-1)10-13-12-8-4-5-9-12/h1-3,6-8,12H,4-5,9-10H2/t12-/m0/s1. The van der Waals surface area contributed by atoms with Crippen LogP contribution in [0.2, 0.25) is 0 Å². The molecule has 0 N–H and O–H groups in total. The molecule has 0 bridgehead atoms. The molecule has 1 nitrogen and oxygen atoms in total. The molecule has 0 aromatic heterocycles. The molecule has 0 heterocycles. The molecular formula is C12H15O. The third-order valence-electron chi connectivity index (χ3n) is 2.43. The summed E-state index contributed by atoms with van der Waals surface area (Å²) in [4.78, 5) is 0. The molecule has 0 saturated heterocycles. The average molecular weight is 175 g/mol. The first-order valence-corrected chi connectivity index (χ1v) is 4.94. The van der Waals surface area contributed by atoms with Gasteiger partial charge >= 0.3 is 0 Å². The van der Waals surface area contributed by atoms with Gasteiger partial charge in [-0.15, -0.1) is 0 Å². The lowest BCUT2D eigenvalue weighted by Gasteiger charge is -2.10. The van der Waals surface area contributed by atoms with Gasteiger partial charge in [-0.3, -0.25) is 0 Å². The van der Waals surface area contributed by atoms with E-state index in [0.29, 0.717) is 6.10 Å². The second-order valence-corrected chi connectivity index (χ2v) is 3.50. The maximum absolute atomic E-state index is 5.73. The van der Waals surface area contributed by atoms with Crippen molar-refractivity contribution < 1.29 is 4.74 Å². The Morgan fingerprint density at radius 2 is 2.08 bits per heavy atom. The first-order valence-electron chi connectivity index (χ1n) is 4.94. The highest BCUT2D eigenvalue weighted by Gasteiger charge is 2.15. The molecule has 69 valence electrons. The fraction of sp³-hybridized carbons (Fsp3) is 0.417. The van der Waals surface area contributed by atoms with Crippen molar-refractivity contribution in [1.29, 1.82) is 0 Å². The minimum Gasteiger partial charge on any atom is -0.373 e. The molecule has 0 unspecified atom stereocenters. The summed E-state index contributed by atoms with van der Waals surface area (Å²) in [6.45, 7) is 0.752. The predicted molar refractivity (Wildman–Crippen MR) is 53.2 cm³/mol. The van der Waals surface area contributed by atoms with Crippen molar-refractivity contribution in [2.45, 2.75) is 32.0 Å². The Morgan fingerprint density at radius 3 is 2.77 bits per heavy atom. The first kappa shape index (κ1) is 8.76. The van der Waals surface area contributed by atoms with Crippen LogP contribution in [-0.4, -0.2) is 6.10 Å². The van der Waals surface area contributed by atoms with Crippen LogP contribution in [0.4, 0.5) is 0 Å². The van der Waals surface area contributed by atoms with E-state index in [4.69, 9.17) is 4.74 Å². The normalized spacial score (nSPS) is 17.8. The summed E-state index contributed by atoms with van der Waals surface area (Å²) in [6, 6.07) is 10.4. The van der Waals surface area contributed by atoms with Crippen LogP contribution in [0.5, 0.6) is 0 Å². The lowest BCUT2D eigenvalue weighted by molar-refractivity contribution is 0.0665. The molecule has 0 spiro atoms. The van der Waals surface area contributed by atoms with Crippen LogP contribution in [0.1, 0.15) is 24.8 Å². The van der Waals surface area contributed by atoms with E-state index in [0.717, 1.165) is 6.61 Å². The van der Waals surface area contributed by atoms with Crippen LogP contribution in [-0.2, 0) is 11.3 Å². The summed E-state index contributed by atoms with van der Waals surface area (Å²) in [5, 5.41) is 0. The molecule has 1 saturated carbocycles. The van der Waals surface area contributed by atoms with E-state index in [1.165, 1.54) is 24.8 Å². The van der Waals surface area contributed by atoms with Crippen molar-refractivity contribution in [1.82, 2.24) is 0 Å². The zero-order valence-corrected chi connectivity index (χ0v) is 7.78. The predicted octanol–water partition coefficient (Wildman–Crippen LogP) is 2.96. The third kappa shape index (κ3) is 2.56. The minimum absolute atomic E-state index is 0.403. The molecule has 1 heteroatoms. The van der Waals surface area contributed by atoms with Crippen molar-refractivity contribution >= 4 is 0 Å². The Balaban J connectivity index is 1.79. The molecule has 1 aliphatic carbocycles. The van der Waals surface area contributed by atoms with Gasteiger partial charge in [-0.2, -0.15) is 0 Å². The quantitative estimate of drug-likeness (QED) is 0.686. The van der Waals surface area contributed by atoms with Gasteiger partial charge < -0.3 is 4.74 Å². The van der Waals surface area contributed by atoms with Gasteiger partial charge in [0.25, 0.3) is 0 Å². The average Bonchev–Trinajstić information content (AvgIpc) is 2.69. The van der Waals surface area contributed by atoms with Gasteiger partial charge in [0.1, 0.15) is 0 Å². The van der Waals surface area contributed by atoms with Crippen LogP contribution >= 0.6 is 0 Å². The van der Waals surface area contributed by atoms with E-state index in [1.807, 2.05) is 6.07 Å². The zero-order chi connectivity index (χ0) is 8.93.